The summed E-state index contributed by atoms with van der Waals surface area (Å²) in [5.41, 5.74) is -2.81. The zero-order chi connectivity index (χ0) is 43.7. The van der Waals surface area contributed by atoms with Crippen molar-refractivity contribution < 1.29 is 58.5 Å². The second kappa shape index (κ2) is 21.3. The summed E-state index contributed by atoms with van der Waals surface area (Å²) >= 11 is 0. The Balaban J connectivity index is 1.76. The van der Waals surface area contributed by atoms with Crippen LogP contribution in [-0.2, 0) is 39.8 Å². The van der Waals surface area contributed by atoms with Crippen LogP contribution in [0.3, 0.4) is 0 Å². The van der Waals surface area contributed by atoms with Crippen molar-refractivity contribution in [2.75, 3.05) is 27.3 Å². The first-order valence-corrected chi connectivity index (χ1v) is 21.0. The molecule has 14 atom stereocenters. The summed E-state index contributed by atoms with van der Waals surface area (Å²) in [4.78, 5) is 38.4. The molecule has 2 aromatic rings. The summed E-state index contributed by atoms with van der Waals surface area (Å²) in [5.74, 6) is -4.22. The maximum atomic E-state index is 14.1. The van der Waals surface area contributed by atoms with Crippen LogP contribution in [0.1, 0.15) is 86.8 Å². The highest BCUT2D eigenvalue weighted by Gasteiger charge is 2.52. The Kier molecular flexibility index (Phi) is 17.4. The molecular formula is C44H69N3O12. The zero-order valence-electron chi connectivity index (χ0n) is 36.4. The molecule has 3 heterocycles. The monoisotopic (exact) mass is 831 g/mol. The number of benzene rings is 1. The molecule has 1 aromatic carbocycles. The molecule has 2 fully saturated rings. The Labute approximate surface area is 349 Å². The van der Waals surface area contributed by atoms with Crippen molar-refractivity contribution in [3.8, 4) is 5.75 Å². The molecule has 4 rings (SSSR count). The lowest BCUT2D eigenvalue weighted by molar-refractivity contribution is -0.299. The van der Waals surface area contributed by atoms with E-state index in [9.17, 15) is 30.0 Å². The number of carbonyl (C=O) groups is 2. The Hall–Kier alpha value is -3.57. The predicted octanol–water partition coefficient (Wildman–Crippen LogP) is 4.25. The normalized spacial score (nSPS) is 37.1. The first kappa shape index (κ1) is 48.1. The molecule has 15 heteroatoms. The van der Waals surface area contributed by atoms with Crippen LogP contribution in [-0.4, -0.2) is 135 Å². The van der Waals surface area contributed by atoms with Crippen LogP contribution in [0.2, 0.25) is 0 Å². The summed E-state index contributed by atoms with van der Waals surface area (Å²) in [7, 11) is 3.71. The average Bonchev–Trinajstić information content (AvgIpc) is 3.70. The highest BCUT2D eigenvalue weighted by Crippen LogP contribution is 2.39. The molecule has 59 heavy (non-hydrogen) atoms. The number of nitrogens with zero attached hydrogens (tertiary/aromatic N) is 2. The van der Waals surface area contributed by atoms with Gasteiger partial charge in [0.1, 0.15) is 36.3 Å². The van der Waals surface area contributed by atoms with Gasteiger partial charge in [-0.3, -0.25) is 9.59 Å². The quantitative estimate of drug-likeness (QED) is 0.109. The molecule has 5 N–H and O–H groups in total. The fraction of sp³-hybridized carbons (Fsp3) is 0.705. The molecule has 1 aromatic heterocycles. The van der Waals surface area contributed by atoms with Crippen LogP contribution in [0.25, 0.3) is 0 Å². The number of aromatic amines is 1. The van der Waals surface area contributed by atoms with Gasteiger partial charge in [-0.2, -0.15) is 0 Å². The van der Waals surface area contributed by atoms with Gasteiger partial charge in [0.05, 0.1) is 48.6 Å². The smallest absolute Gasteiger partial charge is 0.312 e. The molecule has 0 radical (unpaired) electrons. The maximum absolute atomic E-state index is 14.1. The highest BCUT2D eigenvalue weighted by atomic mass is 16.7. The van der Waals surface area contributed by atoms with E-state index in [4.69, 9.17) is 28.5 Å². The Morgan fingerprint density at radius 2 is 1.69 bits per heavy atom. The number of hydrogen-bond acceptors (Lipinski definition) is 14. The molecule has 2 aliphatic rings. The van der Waals surface area contributed by atoms with Gasteiger partial charge in [0.2, 0.25) is 0 Å². The number of aliphatic hydroxyl groups excluding tert-OH is 2. The number of carbonyl (C=O) groups excluding carboxylic acids is 2. The van der Waals surface area contributed by atoms with E-state index in [2.05, 4.69) is 10.1 Å². The minimum absolute atomic E-state index is 0.0326. The Bertz CT molecular complexity index is 1620. The summed E-state index contributed by atoms with van der Waals surface area (Å²) in [6.45, 7) is 13.9. The standard InChI is InChI=1S/C44H69N3O12/c1-11-34-44(8,53)39(50)28(4)36(46-55-22-16-21-54-32-18-13-12-14-19-32)26(2)25-43(7,52)40(59-42-37(49)33(47(9)10)23-27(3)56-42)29(5)38(30(6)41(51)57-34)58-35(48)24-31-17-15-20-45-31/h12-15,17-20,26-30,33-34,37-40,42,45,49-50,52-53H,11,16,21-25H2,1-10H3/b46-36+/t26-,27-,28-,29+,30-,33+,34+,37-,38+,39-,40-,42+,43?,44-/m1/s1. The van der Waals surface area contributed by atoms with Gasteiger partial charge in [0, 0.05) is 42.1 Å². The minimum Gasteiger partial charge on any atom is -0.493 e. The molecule has 0 amide bonds. The first-order valence-electron chi connectivity index (χ1n) is 21.0. The number of likely N-dealkylation sites (N-methyl/N-ethyl adjacent to an activating group) is 1. The fourth-order valence-corrected chi connectivity index (χ4v) is 8.57. The van der Waals surface area contributed by atoms with Crippen LogP contribution in [0, 0.1) is 23.7 Å². The van der Waals surface area contributed by atoms with Gasteiger partial charge < -0.3 is 58.8 Å². The second-order valence-corrected chi connectivity index (χ2v) is 17.2. The number of cyclic esters (lactones) is 1. The van der Waals surface area contributed by atoms with Crippen molar-refractivity contribution >= 4 is 17.7 Å². The number of nitrogens with one attached hydrogen (secondary N) is 1. The lowest BCUT2D eigenvalue weighted by atomic mass is 9.73. The van der Waals surface area contributed by atoms with E-state index >= 15 is 0 Å². The molecule has 15 nitrogen and oxygen atoms in total. The molecule has 0 aliphatic carbocycles. The van der Waals surface area contributed by atoms with E-state index < -0.39 is 83.6 Å². The number of aromatic nitrogens is 1. The Morgan fingerprint density at radius 1 is 1.00 bits per heavy atom. The minimum atomic E-state index is -1.97. The number of aliphatic hydroxyl groups is 4. The first-order chi connectivity index (χ1) is 27.8. The van der Waals surface area contributed by atoms with E-state index in [0.29, 0.717) is 30.9 Å². The van der Waals surface area contributed by atoms with Crippen LogP contribution < -0.4 is 4.74 Å². The van der Waals surface area contributed by atoms with E-state index in [1.807, 2.05) is 63.2 Å². The number of H-pyrrole nitrogens is 1. The lowest BCUT2D eigenvalue weighted by Gasteiger charge is -2.47. The van der Waals surface area contributed by atoms with Gasteiger partial charge in [-0.25, -0.2) is 0 Å². The molecule has 2 saturated heterocycles. The summed E-state index contributed by atoms with van der Waals surface area (Å²) in [6, 6.07) is 12.5. The van der Waals surface area contributed by atoms with Crippen molar-refractivity contribution in [3.63, 3.8) is 0 Å². The topological polar surface area (TPSA) is 202 Å². The molecule has 0 spiro atoms. The highest BCUT2D eigenvalue weighted by molar-refractivity contribution is 5.88. The number of hydrogen-bond donors (Lipinski definition) is 5. The van der Waals surface area contributed by atoms with Crippen LogP contribution in [0.15, 0.2) is 53.8 Å². The number of ether oxygens (including phenoxy) is 5. The van der Waals surface area contributed by atoms with Crippen molar-refractivity contribution in [1.29, 1.82) is 0 Å². The Morgan fingerprint density at radius 3 is 2.32 bits per heavy atom. The van der Waals surface area contributed by atoms with Crippen LogP contribution in [0.5, 0.6) is 5.75 Å². The third-order valence-electron chi connectivity index (χ3n) is 11.9. The van der Waals surface area contributed by atoms with Crippen molar-refractivity contribution in [1.82, 2.24) is 9.88 Å². The molecule has 0 saturated carbocycles. The van der Waals surface area contributed by atoms with E-state index in [-0.39, 0.29) is 38.0 Å². The second-order valence-electron chi connectivity index (χ2n) is 17.2. The summed E-state index contributed by atoms with van der Waals surface area (Å²) in [6.07, 6.45) is -5.09. The number of rotatable bonds is 13. The van der Waals surface area contributed by atoms with Gasteiger partial charge >= 0.3 is 11.9 Å². The average molecular weight is 832 g/mol. The van der Waals surface area contributed by atoms with Crippen molar-refractivity contribution in [3.05, 3.63) is 54.4 Å². The molecule has 2 aliphatic heterocycles. The van der Waals surface area contributed by atoms with Crippen molar-refractivity contribution in [2.45, 2.75) is 148 Å². The van der Waals surface area contributed by atoms with E-state index in [1.54, 1.807) is 52.9 Å². The largest absolute Gasteiger partial charge is 0.493 e. The third kappa shape index (κ3) is 12.5. The van der Waals surface area contributed by atoms with Gasteiger partial charge in [-0.15, -0.1) is 0 Å². The number of para-hydroxylation sites is 1. The van der Waals surface area contributed by atoms with Gasteiger partial charge in [0.15, 0.2) is 6.29 Å². The summed E-state index contributed by atoms with van der Waals surface area (Å²) in [5, 5.41) is 52.6. The summed E-state index contributed by atoms with van der Waals surface area (Å²) < 4.78 is 30.8. The third-order valence-corrected chi connectivity index (χ3v) is 11.9. The SMILES string of the molecule is CC[C@@H]1OC(=O)[C@H](C)[C@@H](OC(=O)Cc2ccc[nH]2)[C@H](C)[C@@H](O[C@@H]2O[C@H](C)C[C@H](N(C)C)[C@H]2O)C(C)(O)C[C@@H](C)/C(=N\OCCCOc2ccccc2)[C@@H](C)[C@@H](O)[C@]1(C)O. The van der Waals surface area contributed by atoms with Crippen LogP contribution >= 0.6 is 0 Å². The fourth-order valence-electron chi connectivity index (χ4n) is 8.57. The van der Waals surface area contributed by atoms with Gasteiger partial charge in [0.25, 0.3) is 0 Å². The van der Waals surface area contributed by atoms with Crippen molar-refractivity contribution in [2.24, 2.45) is 28.8 Å². The lowest BCUT2D eigenvalue weighted by Crippen LogP contribution is -2.60. The molecular weight excluding hydrogens is 762 g/mol. The van der Waals surface area contributed by atoms with E-state index in [0.717, 1.165) is 5.75 Å². The van der Waals surface area contributed by atoms with Gasteiger partial charge in [-0.1, -0.05) is 51.0 Å². The predicted molar refractivity (Wildman–Crippen MR) is 220 cm³/mol. The maximum Gasteiger partial charge on any atom is 0.312 e. The molecule has 332 valence electrons. The van der Waals surface area contributed by atoms with E-state index in [1.165, 1.54) is 6.92 Å². The van der Waals surface area contributed by atoms with Crippen LogP contribution in [0.4, 0.5) is 0 Å². The number of oxime groups is 1. The van der Waals surface area contributed by atoms with Gasteiger partial charge in [-0.05, 0) is 85.3 Å². The zero-order valence-corrected chi connectivity index (χ0v) is 36.4. The number of esters is 2. The molecule has 0 bridgehead atoms. The molecule has 1 unspecified atom stereocenters.